The maximum Gasteiger partial charge on any atom is 0.163 e. The van der Waals surface area contributed by atoms with Gasteiger partial charge in [-0.15, -0.1) is 0 Å². The molecule has 3 aromatic rings. The summed E-state index contributed by atoms with van der Waals surface area (Å²) in [6.07, 6.45) is 1.98. The predicted molar refractivity (Wildman–Crippen MR) is 96.5 cm³/mol. The molecule has 0 aliphatic rings. The molecule has 0 atom stereocenters. The van der Waals surface area contributed by atoms with E-state index in [-0.39, 0.29) is 0 Å². The first-order chi connectivity index (χ1) is 10.9. The van der Waals surface area contributed by atoms with Crippen LogP contribution in [0.3, 0.4) is 0 Å². The topological polar surface area (TPSA) is 30.7 Å². The summed E-state index contributed by atoms with van der Waals surface area (Å²) < 4.78 is 1.99. The van der Waals surface area contributed by atoms with Crippen molar-refractivity contribution in [3.05, 3.63) is 52.8 Å². The lowest BCUT2D eigenvalue weighted by atomic mass is 10.0. The fourth-order valence-corrected chi connectivity index (χ4v) is 3.04. The average molecular weight is 307 g/mol. The van der Waals surface area contributed by atoms with E-state index in [1.807, 2.05) is 10.9 Å². The largest absolute Gasteiger partial charge is 0.236 e. The second-order valence-electron chi connectivity index (χ2n) is 7.09. The lowest BCUT2D eigenvalue weighted by molar-refractivity contribution is 0.776. The van der Waals surface area contributed by atoms with Gasteiger partial charge in [-0.1, -0.05) is 33.8 Å². The molecule has 0 fully saturated rings. The molecule has 0 N–H and O–H groups in total. The van der Waals surface area contributed by atoms with Gasteiger partial charge in [-0.05, 0) is 60.6 Å². The second-order valence-corrected chi connectivity index (χ2v) is 7.09. The number of nitrogens with zero attached hydrogens (tertiary/aromatic N) is 3. The smallest absolute Gasteiger partial charge is 0.163 e. The molecule has 3 nitrogen and oxygen atoms in total. The van der Waals surface area contributed by atoms with Crippen molar-refractivity contribution in [2.75, 3.05) is 0 Å². The number of aromatic nitrogens is 3. The Morgan fingerprint density at radius 1 is 0.870 bits per heavy atom. The Morgan fingerprint density at radius 2 is 1.52 bits per heavy atom. The van der Waals surface area contributed by atoms with E-state index < -0.39 is 0 Å². The first kappa shape index (κ1) is 15.7. The van der Waals surface area contributed by atoms with Crippen LogP contribution < -0.4 is 0 Å². The van der Waals surface area contributed by atoms with Crippen LogP contribution in [-0.2, 0) is 0 Å². The summed E-state index contributed by atoms with van der Waals surface area (Å²) in [6, 6.07) is 8.78. The maximum absolute atomic E-state index is 4.90. The van der Waals surface area contributed by atoms with E-state index in [1.165, 1.54) is 22.1 Å². The zero-order valence-corrected chi connectivity index (χ0v) is 14.9. The van der Waals surface area contributed by atoms with E-state index in [2.05, 4.69) is 65.8 Å². The summed E-state index contributed by atoms with van der Waals surface area (Å²) in [6.45, 7) is 13.0. The van der Waals surface area contributed by atoms with E-state index in [9.17, 15) is 0 Å². The van der Waals surface area contributed by atoms with Crippen LogP contribution in [0.1, 0.15) is 61.9 Å². The van der Waals surface area contributed by atoms with Crippen molar-refractivity contribution < 1.29 is 0 Å². The summed E-state index contributed by atoms with van der Waals surface area (Å²) in [4.78, 5) is 4.74. The molecule has 0 bridgehead atoms. The van der Waals surface area contributed by atoms with E-state index in [0.29, 0.717) is 11.8 Å². The standard InChI is InChI=1S/C20H25N3/c1-12(2)16-10-18-19(13(3)4)22-23(20(18)21-11-16)17-8-14(5)7-15(6)9-17/h7-13H,1-6H3. The van der Waals surface area contributed by atoms with Gasteiger partial charge in [0.05, 0.1) is 11.4 Å². The first-order valence-corrected chi connectivity index (χ1v) is 8.34. The SMILES string of the molecule is Cc1cc(C)cc(-n2nc(C(C)C)c3cc(C(C)C)cnc32)c1. The Bertz CT molecular complexity index is 836. The van der Waals surface area contributed by atoms with Gasteiger partial charge in [-0.3, -0.25) is 0 Å². The minimum Gasteiger partial charge on any atom is -0.236 e. The Morgan fingerprint density at radius 3 is 2.09 bits per heavy atom. The molecular formula is C20H25N3. The van der Waals surface area contributed by atoms with Crippen molar-refractivity contribution in [3.8, 4) is 5.69 Å². The molecule has 0 amide bonds. The molecule has 0 aliphatic carbocycles. The molecule has 2 heterocycles. The summed E-state index contributed by atoms with van der Waals surface area (Å²) in [5, 5.41) is 6.07. The van der Waals surface area contributed by atoms with Crippen LogP contribution in [-0.4, -0.2) is 14.8 Å². The van der Waals surface area contributed by atoms with Gasteiger partial charge in [-0.25, -0.2) is 9.67 Å². The summed E-state index contributed by atoms with van der Waals surface area (Å²) >= 11 is 0. The molecule has 23 heavy (non-hydrogen) atoms. The molecular weight excluding hydrogens is 282 g/mol. The van der Waals surface area contributed by atoms with Gasteiger partial charge >= 0.3 is 0 Å². The van der Waals surface area contributed by atoms with Crippen molar-refractivity contribution >= 4 is 11.0 Å². The average Bonchev–Trinajstić information content (AvgIpc) is 2.84. The maximum atomic E-state index is 4.90. The van der Waals surface area contributed by atoms with Crippen molar-refractivity contribution in [1.29, 1.82) is 0 Å². The Hall–Kier alpha value is -2.16. The lowest BCUT2D eigenvalue weighted by Crippen LogP contribution is -2.00. The van der Waals surface area contributed by atoms with Gasteiger partial charge in [-0.2, -0.15) is 5.10 Å². The minimum atomic E-state index is 0.369. The molecule has 0 saturated carbocycles. The molecule has 1 aromatic carbocycles. The number of aryl methyl sites for hydroxylation is 2. The molecule has 120 valence electrons. The van der Waals surface area contributed by atoms with Crippen LogP contribution in [0.4, 0.5) is 0 Å². The zero-order chi connectivity index (χ0) is 16.7. The van der Waals surface area contributed by atoms with E-state index >= 15 is 0 Å². The summed E-state index contributed by atoms with van der Waals surface area (Å²) in [5.74, 6) is 0.838. The number of pyridine rings is 1. The van der Waals surface area contributed by atoms with Crippen molar-refractivity contribution in [2.24, 2.45) is 0 Å². The quantitative estimate of drug-likeness (QED) is 0.658. The Kier molecular flexibility index (Phi) is 3.97. The van der Waals surface area contributed by atoms with Crippen LogP contribution in [0.2, 0.25) is 0 Å². The van der Waals surface area contributed by atoms with Gasteiger partial charge < -0.3 is 0 Å². The molecule has 3 heteroatoms. The molecule has 0 saturated heterocycles. The molecule has 0 unspecified atom stereocenters. The zero-order valence-electron chi connectivity index (χ0n) is 14.9. The molecule has 0 radical (unpaired) electrons. The number of benzene rings is 1. The van der Waals surface area contributed by atoms with Crippen LogP contribution in [0.25, 0.3) is 16.7 Å². The third-order valence-corrected chi connectivity index (χ3v) is 4.24. The third-order valence-electron chi connectivity index (χ3n) is 4.24. The number of rotatable bonds is 3. The fraction of sp³-hybridized carbons (Fsp3) is 0.400. The van der Waals surface area contributed by atoms with Crippen LogP contribution >= 0.6 is 0 Å². The minimum absolute atomic E-state index is 0.369. The predicted octanol–water partition coefficient (Wildman–Crippen LogP) is 5.28. The first-order valence-electron chi connectivity index (χ1n) is 8.34. The van der Waals surface area contributed by atoms with Gasteiger partial charge in [0.1, 0.15) is 0 Å². The van der Waals surface area contributed by atoms with Gasteiger partial charge in [0.2, 0.25) is 0 Å². The highest BCUT2D eigenvalue weighted by Crippen LogP contribution is 2.29. The Balaban J connectivity index is 2.29. The summed E-state index contributed by atoms with van der Waals surface area (Å²) in [7, 11) is 0. The monoisotopic (exact) mass is 307 g/mol. The number of fused-ring (bicyclic) bond motifs is 1. The highest BCUT2D eigenvalue weighted by molar-refractivity contribution is 5.81. The van der Waals surface area contributed by atoms with E-state index in [4.69, 9.17) is 10.1 Å². The van der Waals surface area contributed by atoms with Crippen molar-refractivity contribution in [1.82, 2.24) is 14.8 Å². The Labute approximate surface area is 138 Å². The van der Waals surface area contributed by atoms with Crippen LogP contribution in [0.15, 0.2) is 30.5 Å². The highest BCUT2D eigenvalue weighted by Gasteiger charge is 2.17. The molecule has 2 aromatic heterocycles. The normalized spacial score (nSPS) is 11.8. The third kappa shape index (κ3) is 2.88. The van der Waals surface area contributed by atoms with Gasteiger partial charge in [0, 0.05) is 11.6 Å². The summed E-state index contributed by atoms with van der Waals surface area (Å²) in [5.41, 5.74) is 6.91. The van der Waals surface area contributed by atoms with Gasteiger partial charge in [0.25, 0.3) is 0 Å². The number of hydrogen-bond donors (Lipinski definition) is 0. The van der Waals surface area contributed by atoms with Crippen molar-refractivity contribution in [2.45, 2.75) is 53.4 Å². The second kappa shape index (κ2) is 5.80. The van der Waals surface area contributed by atoms with Gasteiger partial charge in [0.15, 0.2) is 5.65 Å². The van der Waals surface area contributed by atoms with Crippen LogP contribution in [0, 0.1) is 13.8 Å². The fourth-order valence-electron chi connectivity index (χ4n) is 3.04. The van der Waals surface area contributed by atoms with Crippen molar-refractivity contribution in [3.63, 3.8) is 0 Å². The highest BCUT2D eigenvalue weighted by atomic mass is 15.3. The van der Waals surface area contributed by atoms with E-state index in [0.717, 1.165) is 17.0 Å². The molecule has 3 rings (SSSR count). The van der Waals surface area contributed by atoms with E-state index in [1.54, 1.807) is 0 Å². The number of hydrogen-bond acceptors (Lipinski definition) is 2. The van der Waals surface area contributed by atoms with Crippen LogP contribution in [0.5, 0.6) is 0 Å². The molecule has 0 spiro atoms. The molecule has 0 aliphatic heterocycles. The lowest BCUT2D eigenvalue weighted by Gasteiger charge is -2.07.